The van der Waals surface area contributed by atoms with Gasteiger partial charge in [0.2, 0.25) is 0 Å². The van der Waals surface area contributed by atoms with E-state index in [-0.39, 0.29) is 64.0 Å². The fourth-order valence-corrected chi connectivity index (χ4v) is 13.3. The number of anilines is 2. The van der Waals surface area contributed by atoms with E-state index in [0.29, 0.717) is 67.7 Å². The minimum absolute atomic E-state index is 0.0200. The van der Waals surface area contributed by atoms with Crippen molar-refractivity contribution in [2.24, 2.45) is 11.3 Å². The largest absolute Gasteiger partial charge is 0.489 e. The van der Waals surface area contributed by atoms with Crippen molar-refractivity contribution in [3.8, 4) is 17.2 Å². The van der Waals surface area contributed by atoms with Crippen LogP contribution in [0.1, 0.15) is 131 Å². The minimum Gasteiger partial charge on any atom is -0.489 e. The summed E-state index contributed by atoms with van der Waals surface area (Å²) in [5.74, 6) is -0.316. The van der Waals surface area contributed by atoms with Crippen LogP contribution >= 0.6 is 0 Å². The maximum Gasteiger partial charge on any atom is 0.297 e. The second kappa shape index (κ2) is 20.1. The lowest BCUT2D eigenvalue weighted by Gasteiger charge is -2.57. The summed E-state index contributed by atoms with van der Waals surface area (Å²) in [7, 11) is -3.15. The molecule has 390 valence electrons. The van der Waals surface area contributed by atoms with Crippen molar-refractivity contribution in [1.82, 2.24) is 19.6 Å². The quantitative estimate of drug-likeness (QED) is 0.0571. The first-order chi connectivity index (χ1) is 34.9. The van der Waals surface area contributed by atoms with E-state index < -0.39 is 42.9 Å². The number of pyridine rings is 1. The molecule has 2 saturated heterocycles. The third-order valence-electron chi connectivity index (χ3n) is 16.7. The molecule has 5 heterocycles. The highest BCUT2D eigenvalue weighted by Gasteiger charge is 2.49. The Morgan fingerprint density at radius 3 is 2.51 bits per heavy atom. The van der Waals surface area contributed by atoms with Gasteiger partial charge in [0.25, 0.3) is 21.6 Å². The first kappa shape index (κ1) is 50.7. The van der Waals surface area contributed by atoms with E-state index in [1.165, 1.54) is 54.8 Å². The number of halogens is 1. The number of nitro benzene ring substituents is 1. The maximum atomic E-state index is 15.1. The molecular formula is C55H68FN7O9S. The highest BCUT2D eigenvalue weighted by Crippen LogP contribution is 2.49. The summed E-state index contributed by atoms with van der Waals surface area (Å²) in [4.78, 5) is 38.3. The van der Waals surface area contributed by atoms with Crippen LogP contribution < -0.4 is 24.4 Å². The lowest BCUT2D eigenvalue weighted by atomic mass is 9.70. The Labute approximate surface area is 426 Å². The van der Waals surface area contributed by atoms with Gasteiger partial charge in [-0.25, -0.2) is 22.5 Å². The fraction of sp³-hybridized carbons (Fsp3) is 0.527. The second-order valence-corrected chi connectivity index (χ2v) is 23.7. The number of nitro groups is 1. The van der Waals surface area contributed by atoms with Gasteiger partial charge in [-0.05, 0) is 131 Å². The summed E-state index contributed by atoms with van der Waals surface area (Å²) in [5, 5.41) is 26.4. The predicted octanol–water partition coefficient (Wildman–Crippen LogP) is 9.96. The molecule has 3 aliphatic heterocycles. The third kappa shape index (κ3) is 10.4. The molecule has 1 spiro atoms. The van der Waals surface area contributed by atoms with E-state index in [1.807, 2.05) is 6.92 Å². The smallest absolute Gasteiger partial charge is 0.297 e. The van der Waals surface area contributed by atoms with Gasteiger partial charge in [0.1, 0.15) is 29.6 Å². The van der Waals surface area contributed by atoms with Crippen LogP contribution in [0.4, 0.5) is 21.5 Å². The van der Waals surface area contributed by atoms with Crippen LogP contribution in [0.5, 0.6) is 17.2 Å². The number of aromatic nitrogens is 2. The molecule has 5 aromatic rings. The van der Waals surface area contributed by atoms with Gasteiger partial charge in [-0.15, -0.1) is 0 Å². The number of aliphatic hydroxyl groups is 1. The van der Waals surface area contributed by atoms with Crippen LogP contribution in [0.25, 0.3) is 11.0 Å². The number of hydrogen-bond donors (Lipinski definition) is 4. The van der Waals surface area contributed by atoms with Crippen molar-refractivity contribution in [2.75, 3.05) is 50.1 Å². The molecule has 1 amide bonds. The van der Waals surface area contributed by atoms with Gasteiger partial charge in [-0.1, -0.05) is 44.5 Å². The van der Waals surface area contributed by atoms with E-state index in [0.717, 1.165) is 50.8 Å². The fourth-order valence-electron chi connectivity index (χ4n) is 12.3. The van der Waals surface area contributed by atoms with Crippen LogP contribution in [0.15, 0.2) is 71.8 Å². The van der Waals surface area contributed by atoms with E-state index >= 15 is 4.39 Å². The average molecular weight is 1020 g/mol. The Morgan fingerprint density at radius 1 is 1.03 bits per heavy atom. The number of sulfonamides is 1. The molecule has 2 saturated carbocycles. The number of carbonyl (C=O) groups excluding carboxylic acids is 1. The van der Waals surface area contributed by atoms with Crippen LogP contribution in [-0.2, 0) is 21.2 Å². The van der Waals surface area contributed by atoms with Crippen molar-refractivity contribution in [2.45, 2.75) is 139 Å². The molecule has 4 N–H and O–H groups in total. The van der Waals surface area contributed by atoms with Gasteiger partial charge in [0.15, 0.2) is 11.4 Å². The van der Waals surface area contributed by atoms with Gasteiger partial charge in [0, 0.05) is 69.4 Å². The molecule has 10 rings (SSSR count). The Hall–Kier alpha value is -5.82. The number of ether oxygens (including phenoxy) is 3. The SMILES string of the molecule is COC(C)CCc1nc2[nH]cc(F)c2cc1Oc1cc(N2CCC3(CC2)CN([C@H]2CCC[C@H]2c2ccccc2C(C)C)C3)ccc1C(=O)NS(=O)(=O)c1cc2c(c([N+](=O)[O-])c1)N[C@@H]([C@H]1CC[C@](C)(O)CC1)CO2. The Kier molecular flexibility index (Phi) is 14.0. The lowest BCUT2D eigenvalue weighted by molar-refractivity contribution is -0.384. The summed E-state index contributed by atoms with van der Waals surface area (Å²) in [5.41, 5.74) is 3.36. The van der Waals surface area contributed by atoms with Crippen molar-refractivity contribution in [1.29, 1.82) is 0 Å². The summed E-state index contributed by atoms with van der Waals surface area (Å²) >= 11 is 0. The molecular weight excluding hydrogens is 954 g/mol. The standard InChI is InChI=1S/C55H68FN7O9S/c1-33(2)38-9-6-7-10-39(38)40-11-8-12-46(40)62-31-55(32-62)21-23-61(24-22-55)36-14-15-41(48(25-36)72-49-28-42-43(56)29-57-52(42)59-44(49)16-13-34(3)70-5)53(64)60-73(68,69)37-26-47(63(66)67)51-50(27-37)71-30-45(58-51)35-17-19-54(4,65)20-18-35/h6-7,9-10,14-15,25-29,33-35,40,45-46,58,65H,8,11-13,16-24,30-32H2,1-5H3,(H,57,59)(H,60,64)/t34?,35-,40-,45+,46-,54-/m0/s1. The molecule has 73 heavy (non-hydrogen) atoms. The summed E-state index contributed by atoms with van der Waals surface area (Å²) < 4.78 is 63.8. The number of nitrogens with one attached hydrogen (secondary N) is 3. The molecule has 2 aromatic heterocycles. The van der Waals surface area contributed by atoms with Crippen molar-refractivity contribution in [3.05, 3.63) is 105 Å². The van der Waals surface area contributed by atoms with E-state index in [1.54, 1.807) is 26.2 Å². The third-order valence-corrected chi connectivity index (χ3v) is 18.0. The van der Waals surface area contributed by atoms with E-state index in [4.69, 9.17) is 19.2 Å². The number of piperidine rings is 1. The number of benzene rings is 3. The van der Waals surface area contributed by atoms with Crippen LogP contribution in [0, 0.1) is 27.3 Å². The topological polar surface area (TPSA) is 201 Å². The van der Waals surface area contributed by atoms with Gasteiger partial charge in [0.05, 0.1) is 44.2 Å². The summed E-state index contributed by atoms with van der Waals surface area (Å²) in [6.45, 7) is 12.1. The van der Waals surface area contributed by atoms with Crippen molar-refractivity contribution in [3.63, 3.8) is 0 Å². The molecule has 1 unspecified atom stereocenters. The number of fused-ring (bicyclic) bond motifs is 2. The molecule has 4 fully saturated rings. The molecule has 2 aliphatic carbocycles. The molecule has 16 nitrogen and oxygen atoms in total. The van der Waals surface area contributed by atoms with Gasteiger partial charge in [-0.3, -0.25) is 19.8 Å². The number of aryl methyl sites for hydroxylation is 1. The van der Waals surface area contributed by atoms with Gasteiger partial charge >= 0.3 is 0 Å². The van der Waals surface area contributed by atoms with Crippen molar-refractivity contribution >= 4 is 44.0 Å². The van der Waals surface area contributed by atoms with Crippen molar-refractivity contribution < 1.29 is 41.8 Å². The van der Waals surface area contributed by atoms with Crippen LogP contribution in [0.3, 0.4) is 0 Å². The Balaban J connectivity index is 0.904. The molecule has 0 radical (unpaired) electrons. The first-order valence-electron chi connectivity index (χ1n) is 26.0. The number of methoxy groups -OCH3 is 1. The molecule has 4 atom stereocenters. The lowest BCUT2D eigenvalue weighted by Crippen LogP contribution is -2.63. The number of carbonyl (C=O) groups is 1. The Morgan fingerprint density at radius 2 is 1.78 bits per heavy atom. The number of likely N-dealkylation sites (tertiary alicyclic amines) is 1. The highest BCUT2D eigenvalue weighted by atomic mass is 32.2. The zero-order chi connectivity index (χ0) is 51.4. The number of rotatable bonds is 15. The zero-order valence-corrected chi connectivity index (χ0v) is 43.2. The molecule has 3 aromatic carbocycles. The number of nitrogens with zero attached hydrogens (tertiary/aromatic N) is 4. The normalized spacial score (nSPS) is 24.4. The average Bonchev–Trinajstić information content (AvgIpc) is 4.00. The minimum atomic E-state index is -4.76. The highest BCUT2D eigenvalue weighted by molar-refractivity contribution is 7.90. The number of hydrogen-bond acceptors (Lipinski definition) is 13. The zero-order valence-electron chi connectivity index (χ0n) is 42.4. The number of amides is 1. The van der Waals surface area contributed by atoms with Crippen LogP contribution in [-0.4, -0.2) is 103 Å². The first-order valence-corrected chi connectivity index (χ1v) is 27.5. The number of H-pyrrole nitrogens is 1. The van der Waals surface area contributed by atoms with Crippen LogP contribution in [0.2, 0.25) is 0 Å². The Bertz CT molecular complexity index is 2990. The number of aromatic amines is 1. The van der Waals surface area contributed by atoms with E-state index in [2.05, 4.69) is 62.9 Å². The second-order valence-electron chi connectivity index (χ2n) is 22.0. The molecule has 5 aliphatic rings. The van der Waals surface area contributed by atoms with Gasteiger partial charge < -0.3 is 34.5 Å². The summed E-state index contributed by atoms with van der Waals surface area (Å²) in [6.07, 6.45) is 10.2. The molecule has 18 heteroatoms. The van der Waals surface area contributed by atoms with Gasteiger partial charge in [-0.2, -0.15) is 0 Å². The predicted molar refractivity (Wildman–Crippen MR) is 277 cm³/mol. The van der Waals surface area contributed by atoms with E-state index in [9.17, 15) is 28.4 Å². The monoisotopic (exact) mass is 1020 g/mol. The maximum absolute atomic E-state index is 15.1. The summed E-state index contributed by atoms with van der Waals surface area (Å²) in [6, 6.07) is 17.8. The molecule has 0 bridgehead atoms.